The molecule has 1 aromatic carbocycles. The van der Waals surface area contributed by atoms with E-state index in [1.54, 1.807) is 12.1 Å². The number of ether oxygens (including phenoxy) is 3. The van der Waals surface area contributed by atoms with E-state index in [9.17, 15) is 9.90 Å². The molecule has 1 aromatic rings. The van der Waals surface area contributed by atoms with Gasteiger partial charge < -0.3 is 24.4 Å². The van der Waals surface area contributed by atoms with Crippen LogP contribution in [0.3, 0.4) is 0 Å². The van der Waals surface area contributed by atoms with Crippen LogP contribution in [0.15, 0.2) is 18.2 Å². The van der Waals surface area contributed by atoms with Crippen molar-refractivity contribution in [2.24, 2.45) is 0 Å². The zero-order chi connectivity index (χ0) is 22.2. The number of carboxylic acid groups (broad SMARTS) is 1. The lowest BCUT2D eigenvalue weighted by atomic mass is 9.96. The predicted octanol–water partition coefficient (Wildman–Crippen LogP) is 6.99. The molecule has 0 fully saturated rings. The van der Waals surface area contributed by atoms with Crippen LogP contribution in [-0.4, -0.2) is 29.6 Å². The number of rotatable bonds is 17. The van der Waals surface area contributed by atoms with Crippen LogP contribution in [0.5, 0.6) is 11.5 Å². The fraction of sp³-hybridized carbons (Fsp3) is 0.708. The molecule has 0 unspecified atom stereocenters. The maximum atomic E-state index is 11.0. The maximum absolute atomic E-state index is 11.0. The summed E-state index contributed by atoms with van der Waals surface area (Å²) >= 11 is 0. The first-order valence-corrected chi connectivity index (χ1v) is 11.5. The Morgan fingerprint density at radius 2 is 1.43 bits per heavy atom. The van der Waals surface area contributed by atoms with Gasteiger partial charge in [0.25, 0.3) is 0 Å². The van der Waals surface area contributed by atoms with Crippen molar-refractivity contribution in [3.8, 4) is 11.5 Å². The van der Waals surface area contributed by atoms with Gasteiger partial charge in [0.05, 0.1) is 18.8 Å². The molecule has 0 spiro atoms. The number of hydrogen-bond donors (Lipinski definition) is 2. The highest BCUT2D eigenvalue weighted by atomic mass is 16.7. The number of carbonyl (C=O) groups is 1. The minimum Gasteiger partial charge on any atom is -0.504 e. The molecule has 172 valence electrons. The molecule has 0 aliphatic carbocycles. The molecular formula is C24H40O6. The normalized spacial score (nSPS) is 11.6. The van der Waals surface area contributed by atoms with E-state index in [-0.39, 0.29) is 11.5 Å². The van der Waals surface area contributed by atoms with E-state index in [1.807, 2.05) is 0 Å². The minimum atomic E-state index is -1.47. The van der Waals surface area contributed by atoms with Crippen LogP contribution in [-0.2, 0) is 15.3 Å². The Labute approximate surface area is 181 Å². The van der Waals surface area contributed by atoms with Gasteiger partial charge in [0.2, 0.25) is 0 Å². The van der Waals surface area contributed by atoms with Gasteiger partial charge in [-0.3, -0.25) is 0 Å². The lowest BCUT2D eigenvalue weighted by Crippen LogP contribution is -2.34. The van der Waals surface area contributed by atoms with Crippen molar-refractivity contribution in [1.82, 2.24) is 0 Å². The van der Waals surface area contributed by atoms with Crippen LogP contribution in [0.4, 0.5) is 4.79 Å². The Kier molecular flexibility index (Phi) is 13.2. The Morgan fingerprint density at radius 1 is 0.867 bits per heavy atom. The van der Waals surface area contributed by atoms with Crippen LogP contribution >= 0.6 is 0 Å². The fourth-order valence-corrected chi connectivity index (χ4v) is 3.38. The summed E-state index contributed by atoms with van der Waals surface area (Å²) in [4.78, 5) is 11.0. The minimum absolute atomic E-state index is 0.106. The smallest absolute Gasteiger partial charge is 0.504 e. The molecule has 0 saturated heterocycles. The van der Waals surface area contributed by atoms with E-state index in [0.29, 0.717) is 25.2 Å². The van der Waals surface area contributed by atoms with E-state index < -0.39 is 11.9 Å². The zero-order valence-electron chi connectivity index (χ0n) is 19.0. The molecule has 6 nitrogen and oxygen atoms in total. The quantitative estimate of drug-likeness (QED) is 0.121. The summed E-state index contributed by atoms with van der Waals surface area (Å²) in [5.74, 6) is -1.46. The number of benzene rings is 1. The Bertz CT molecular complexity index is 591. The van der Waals surface area contributed by atoms with Crippen LogP contribution in [0.25, 0.3) is 0 Å². The van der Waals surface area contributed by atoms with Gasteiger partial charge in [0.15, 0.2) is 17.3 Å². The van der Waals surface area contributed by atoms with Gasteiger partial charge in [0, 0.05) is 6.42 Å². The van der Waals surface area contributed by atoms with E-state index in [0.717, 1.165) is 44.9 Å². The van der Waals surface area contributed by atoms with Gasteiger partial charge in [-0.1, -0.05) is 71.8 Å². The molecule has 0 amide bonds. The van der Waals surface area contributed by atoms with Gasteiger partial charge in [-0.05, 0) is 31.4 Å². The van der Waals surface area contributed by atoms with Gasteiger partial charge in [0.1, 0.15) is 0 Å². The summed E-state index contributed by atoms with van der Waals surface area (Å²) in [7, 11) is 0. The largest absolute Gasteiger partial charge is 0.511 e. The third-order valence-electron chi connectivity index (χ3n) is 5.13. The van der Waals surface area contributed by atoms with E-state index in [4.69, 9.17) is 19.3 Å². The second kappa shape index (κ2) is 15.1. The SMILES string of the molecule is CCCCCCCCC(OCCCC)(OCCCC)c1cccc(OC(=O)O)c1O. The summed E-state index contributed by atoms with van der Waals surface area (Å²) in [5.41, 5.74) is 0.432. The van der Waals surface area contributed by atoms with Crippen molar-refractivity contribution in [3.05, 3.63) is 23.8 Å². The summed E-state index contributed by atoms with van der Waals surface area (Å²) < 4.78 is 17.3. The lowest BCUT2D eigenvalue weighted by molar-refractivity contribution is -0.253. The number of hydrogen-bond acceptors (Lipinski definition) is 5. The third kappa shape index (κ3) is 8.92. The van der Waals surface area contributed by atoms with Crippen LogP contribution in [0.2, 0.25) is 0 Å². The van der Waals surface area contributed by atoms with Crippen molar-refractivity contribution in [1.29, 1.82) is 0 Å². The van der Waals surface area contributed by atoms with Crippen LogP contribution in [0.1, 0.15) is 97.0 Å². The van der Waals surface area contributed by atoms with Gasteiger partial charge in [-0.2, -0.15) is 0 Å². The first-order valence-electron chi connectivity index (χ1n) is 11.5. The van der Waals surface area contributed by atoms with Crippen LogP contribution < -0.4 is 4.74 Å². The number of para-hydroxylation sites is 1. The standard InChI is InChI=1S/C24H40O6/c1-4-7-10-11-12-13-17-24(28-18-8-5-2,29-19-9-6-3)20-15-14-16-21(22(20)25)30-23(26)27/h14-16,25H,4-13,17-19H2,1-3H3,(H,26,27). The molecule has 0 radical (unpaired) electrons. The van der Waals surface area contributed by atoms with E-state index >= 15 is 0 Å². The van der Waals surface area contributed by atoms with Crippen molar-refractivity contribution in [2.45, 2.75) is 97.2 Å². The highest BCUT2D eigenvalue weighted by molar-refractivity contribution is 5.63. The summed E-state index contributed by atoms with van der Waals surface area (Å²) in [6.45, 7) is 7.39. The van der Waals surface area contributed by atoms with Crippen molar-refractivity contribution < 1.29 is 29.2 Å². The molecule has 0 bridgehead atoms. The molecule has 30 heavy (non-hydrogen) atoms. The molecule has 0 aliphatic heterocycles. The number of phenols is 1. The van der Waals surface area contributed by atoms with Crippen LogP contribution in [0, 0.1) is 0 Å². The number of phenolic OH excluding ortho intramolecular Hbond substituents is 1. The zero-order valence-corrected chi connectivity index (χ0v) is 19.0. The van der Waals surface area contributed by atoms with Gasteiger partial charge >= 0.3 is 6.16 Å². The average Bonchev–Trinajstić information content (AvgIpc) is 2.72. The number of unbranched alkanes of at least 4 members (excludes halogenated alkanes) is 7. The Morgan fingerprint density at radius 3 is 2.00 bits per heavy atom. The Hall–Kier alpha value is -1.79. The lowest BCUT2D eigenvalue weighted by Gasteiger charge is -2.35. The van der Waals surface area contributed by atoms with Crippen molar-refractivity contribution in [3.63, 3.8) is 0 Å². The van der Waals surface area contributed by atoms with Crippen molar-refractivity contribution in [2.75, 3.05) is 13.2 Å². The maximum Gasteiger partial charge on any atom is 0.511 e. The molecule has 1 rings (SSSR count). The first-order chi connectivity index (χ1) is 14.5. The monoisotopic (exact) mass is 424 g/mol. The van der Waals surface area contributed by atoms with E-state index in [2.05, 4.69) is 20.8 Å². The molecule has 0 heterocycles. The second-order valence-corrected chi connectivity index (χ2v) is 7.69. The first kappa shape index (κ1) is 26.2. The van der Waals surface area contributed by atoms with Gasteiger partial charge in [-0.25, -0.2) is 4.79 Å². The third-order valence-corrected chi connectivity index (χ3v) is 5.13. The predicted molar refractivity (Wildman–Crippen MR) is 118 cm³/mol. The molecular weight excluding hydrogens is 384 g/mol. The molecule has 6 heteroatoms. The molecule has 0 aromatic heterocycles. The molecule has 2 N–H and O–H groups in total. The molecule has 0 saturated carbocycles. The summed E-state index contributed by atoms with van der Waals surface area (Å²) in [6.07, 6.45) is 9.60. The number of aromatic hydroxyl groups is 1. The second-order valence-electron chi connectivity index (χ2n) is 7.69. The Balaban J connectivity index is 3.14. The highest BCUT2D eigenvalue weighted by Crippen LogP contribution is 2.43. The molecule has 0 aliphatic rings. The highest BCUT2D eigenvalue weighted by Gasteiger charge is 2.37. The average molecular weight is 425 g/mol. The summed E-state index contributed by atoms with van der Waals surface area (Å²) in [5, 5.41) is 19.8. The fourth-order valence-electron chi connectivity index (χ4n) is 3.38. The van der Waals surface area contributed by atoms with Gasteiger partial charge in [-0.15, -0.1) is 0 Å². The molecule has 0 atom stereocenters. The van der Waals surface area contributed by atoms with E-state index in [1.165, 1.54) is 25.3 Å². The topological polar surface area (TPSA) is 85.2 Å². The summed E-state index contributed by atoms with van der Waals surface area (Å²) in [6, 6.07) is 4.83. The van der Waals surface area contributed by atoms with Crippen molar-refractivity contribution >= 4 is 6.16 Å².